The molecule has 0 spiro atoms. The molecular formula is C15H19N3O2. The van der Waals surface area contributed by atoms with Gasteiger partial charge in [-0.2, -0.15) is 5.26 Å². The molecule has 1 N–H and O–H groups in total. The first-order valence-electron chi connectivity index (χ1n) is 6.79. The minimum absolute atomic E-state index is 0.0137. The van der Waals surface area contributed by atoms with E-state index in [1.807, 2.05) is 31.3 Å². The molecule has 0 saturated carbocycles. The third-order valence-electron chi connectivity index (χ3n) is 3.39. The van der Waals surface area contributed by atoms with Gasteiger partial charge in [0.15, 0.2) is 6.10 Å². The number of likely N-dealkylation sites (N-methyl/N-ethyl adjacent to an activating group) is 1. The number of nitriles is 1. The van der Waals surface area contributed by atoms with Crippen molar-refractivity contribution in [1.29, 1.82) is 5.26 Å². The molecule has 1 unspecified atom stereocenters. The molecule has 5 heteroatoms. The molecule has 2 rings (SSSR count). The lowest BCUT2D eigenvalue weighted by Crippen LogP contribution is -2.45. The van der Waals surface area contributed by atoms with E-state index in [1.54, 1.807) is 4.90 Å². The van der Waals surface area contributed by atoms with Crippen molar-refractivity contribution < 1.29 is 9.53 Å². The smallest absolute Gasteiger partial charge is 0.254 e. The van der Waals surface area contributed by atoms with Crippen molar-refractivity contribution in [3.8, 4) is 6.07 Å². The second kappa shape index (κ2) is 7.04. The Hall–Kier alpha value is -1.90. The number of hydrogen-bond donors (Lipinski definition) is 1. The number of nitrogens with one attached hydrogen (secondary N) is 1. The summed E-state index contributed by atoms with van der Waals surface area (Å²) in [6.07, 6.45) is 0.293. The van der Waals surface area contributed by atoms with Crippen molar-refractivity contribution in [3.63, 3.8) is 0 Å². The van der Waals surface area contributed by atoms with Crippen molar-refractivity contribution in [2.24, 2.45) is 0 Å². The zero-order valence-electron chi connectivity index (χ0n) is 11.6. The molecule has 1 aromatic carbocycles. The second-order valence-electron chi connectivity index (χ2n) is 4.75. The van der Waals surface area contributed by atoms with Gasteiger partial charge in [0.1, 0.15) is 0 Å². The van der Waals surface area contributed by atoms with Crippen LogP contribution in [0.5, 0.6) is 0 Å². The van der Waals surface area contributed by atoms with E-state index in [9.17, 15) is 4.79 Å². The summed E-state index contributed by atoms with van der Waals surface area (Å²) >= 11 is 0. The monoisotopic (exact) mass is 273 g/mol. The zero-order valence-corrected chi connectivity index (χ0v) is 11.6. The highest BCUT2D eigenvalue weighted by Crippen LogP contribution is 2.15. The Labute approximate surface area is 119 Å². The summed E-state index contributed by atoms with van der Waals surface area (Å²) in [6.45, 7) is 2.13. The molecule has 1 heterocycles. The number of carbonyl (C=O) groups is 1. The second-order valence-corrected chi connectivity index (χ2v) is 4.75. The van der Waals surface area contributed by atoms with Crippen LogP contribution in [0.1, 0.15) is 15.9 Å². The molecule has 1 aliphatic rings. The van der Waals surface area contributed by atoms with Crippen LogP contribution in [0, 0.1) is 11.3 Å². The number of nitrogens with zero attached hydrogens (tertiary/aromatic N) is 2. The maximum atomic E-state index is 12.6. The van der Waals surface area contributed by atoms with Gasteiger partial charge in [-0.15, -0.1) is 0 Å². The first-order chi connectivity index (χ1) is 9.76. The SMILES string of the molecule is CNCCc1ccccc1C(=O)N1CCOC(C#N)C1. The van der Waals surface area contributed by atoms with Gasteiger partial charge in [-0.3, -0.25) is 4.79 Å². The number of carbonyl (C=O) groups excluding carboxylic acids is 1. The molecule has 0 aromatic heterocycles. The van der Waals surface area contributed by atoms with Crippen LogP contribution < -0.4 is 5.32 Å². The lowest BCUT2D eigenvalue weighted by Gasteiger charge is -2.30. The predicted octanol–water partition coefficient (Wildman–Crippen LogP) is 0.813. The number of amides is 1. The maximum Gasteiger partial charge on any atom is 0.254 e. The van der Waals surface area contributed by atoms with Crippen LogP contribution in [0.2, 0.25) is 0 Å². The van der Waals surface area contributed by atoms with Crippen molar-refractivity contribution >= 4 is 5.91 Å². The van der Waals surface area contributed by atoms with Crippen LogP contribution in [-0.2, 0) is 11.2 Å². The van der Waals surface area contributed by atoms with E-state index in [1.165, 1.54) is 0 Å². The van der Waals surface area contributed by atoms with E-state index in [0.717, 1.165) is 24.1 Å². The highest BCUT2D eigenvalue weighted by Gasteiger charge is 2.25. The highest BCUT2D eigenvalue weighted by molar-refractivity contribution is 5.95. The van der Waals surface area contributed by atoms with E-state index >= 15 is 0 Å². The van der Waals surface area contributed by atoms with E-state index in [4.69, 9.17) is 10.00 Å². The van der Waals surface area contributed by atoms with Crippen LogP contribution in [0.25, 0.3) is 0 Å². The Morgan fingerprint density at radius 2 is 2.35 bits per heavy atom. The molecule has 1 atom stereocenters. The normalized spacial score (nSPS) is 18.6. The molecule has 1 fully saturated rings. The molecular weight excluding hydrogens is 254 g/mol. The fourth-order valence-electron chi connectivity index (χ4n) is 2.29. The Morgan fingerprint density at radius 3 is 3.10 bits per heavy atom. The Bertz CT molecular complexity index is 510. The highest BCUT2D eigenvalue weighted by atomic mass is 16.5. The van der Waals surface area contributed by atoms with Crippen LogP contribution in [0.15, 0.2) is 24.3 Å². The lowest BCUT2D eigenvalue weighted by atomic mass is 10.0. The van der Waals surface area contributed by atoms with Gasteiger partial charge >= 0.3 is 0 Å². The van der Waals surface area contributed by atoms with Crippen LogP contribution in [0.3, 0.4) is 0 Å². The Balaban J connectivity index is 2.14. The standard InChI is InChI=1S/C15H19N3O2/c1-17-7-6-12-4-2-3-5-14(12)15(19)18-8-9-20-13(10-16)11-18/h2-5,13,17H,6-9,11H2,1H3. The third-order valence-corrected chi connectivity index (χ3v) is 3.39. The van der Waals surface area contributed by atoms with E-state index in [0.29, 0.717) is 19.7 Å². The Morgan fingerprint density at radius 1 is 1.55 bits per heavy atom. The molecule has 1 aliphatic heterocycles. The summed E-state index contributed by atoms with van der Waals surface area (Å²) in [5.41, 5.74) is 1.76. The average Bonchev–Trinajstić information content (AvgIpc) is 2.52. The minimum atomic E-state index is -0.517. The first-order valence-corrected chi connectivity index (χ1v) is 6.79. The number of hydrogen-bond acceptors (Lipinski definition) is 4. The molecule has 5 nitrogen and oxygen atoms in total. The third kappa shape index (κ3) is 3.35. The van der Waals surface area contributed by atoms with Crippen molar-refractivity contribution in [2.75, 3.05) is 33.3 Å². The number of benzene rings is 1. The Kier molecular flexibility index (Phi) is 5.10. The van der Waals surface area contributed by atoms with Gasteiger partial charge in [-0.1, -0.05) is 18.2 Å². The van der Waals surface area contributed by atoms with Gasteiger partial charge in [0.05, 0.1) is 19.2 Å². The quantitative estimate of drug-likeness (QED) is 0.882. The predicted molar refractivity (Wildman–Crippen MR) is 75.3 cm³/mol. The van der Waals surface area contributed by atoms with Crippen molar-refractivity contribution in [1.82, 2.24) is 10.2 Å². The molecule has 0 aliphatic carbocycles. The maximum absolute atomic E-state index is 12.6. The summed E-state index contributed by atoms with van der Waals surface area (Å²) in [5, 5.41) is 12.0. The molecule has 0 radical (unpaired) electrons. The van der Waals surface area contributed by atoms with Crippen LogP contribution in [-0.4, -0.2) is 50.2 Å². The van der Waals surface area contributed by atoms with Crippen molar-refractivity contribution in [2.45, 2.75) is 12.5 Å². The number of rotatable bonds is 4. The van der Waals surface area contributed by atoms with Crippen molar-refractivity contribution in [3.05, 3.63) is 35.4 Å². The first kappa shape index (κ1) is 14.5. The largest absolute Gasteiger partial charge is 0.360 e. The summed E-state index contributed by atoms with van der Waals surface area (Å²) < 4.78 is 5.27. The molecule has 1 saturated heterocycles. The summed E-state index contributed by atoms with van der Waals surface area (Å²) in [7, 11) is 1.89. The number of morpholine rings is 1. The van der Waals surface area contributed by atoms with Gasteiger partial charge < -0.3 is 15.0 Å². The molecule has 20 heavy (non-hydrogen) atoms. The summed E-state index contributed by atoms with van der Waals surface area (Å²) in [6, 6.07) is 9.71. The fourth-order valence-corrected chi connectivity index (χ4v) is 2.29. The van der Waals surface area contributed by atoms with Crippen LogP contribution in [0.4, 0.5) is 0 Å². The molecule has 1 aromatic rings. The van der Waals surface area contributed by atoms with E-state index in [2.05, 4.69) is 11.4 Å². The lowest BCUT2D eigenvalue weighted by molar-refractivity contribution is 0.00342. The van der Waals surface area contributed by atoms with Gasteiger partial charge in [-0.05, 0) is 31.6 Å². The van der Waals surface area contributed by atoms with Gasteiger partial charge in [-0.25, -0.2) is 0 Å². The topological polar surface area (TPSA) is 65.4 Å². The van der Waals surface area contributed by atoms with Gasteiger partial charge in [0.25, 0.3) is 5.91 Å². The summed E-state index contributed by atoms with van der Waals surface area (Å²) in [5.74, 6) is -0.0137. The van der Waals surface area contributed by atoms with Crippen LogP contribution >= 0.6 is 0 Å². The van der Waals surface area contributed by atoms with Gasteiger partial charge in [0, 0.05) is 12.1 Å². The summed E-state index contributed by atoms with van der Waals surface area (Å²) in [4.78, 5) is 14.3. The van der Waals surface area contributed by atoms with Gasteiger partial charge in [0.2, 0.25) is 0 Å². The fraction of sp³-hybridized carbons (Fsp3) is 0.467. The van der Waals surface area contributed by atoms with E-state index in [-0.39, 0.29) is 5.91 Å². The zero-order chi connectivity index (χ0) is 14.4. The molecule has 106 valence electrons. The molecule has 1 amide bonds. The minimum Gasteiger partial charge on any atom is -0.360 e. The number of ether oxygens (including phenoxy) is 1. The van der Waals surface area contributed by atoms with E-state index < -0.39 is 6.10 Å². The average molecular weight is 273 g/mol. The molecule has 0 bridgehead atoms.